The molecule has 0 aliphatic carbocycles. The van der Waals surface area contributed by atoms with Crippen LogP contribution in [0.3, 0.4) is 0 Å². The Bertz CT molecular complexity index is 598. The first kappa shape index (κ1) is 14.5. The number of amides is 1. The zero-order valence-electron chi connectivity index (χ0n) is 11.4. The average Bonchev–Trinajstić information content (AvgIpc) is 2.41. The molecule has 0 aliphatic heterocycles. The Kier molecular flexibility index (Phi) is 4.69. The van der Waals surface area contributed by atoms with Crippen LogP contribution in [0.15, 0.2) is 36.7 Å². The molecule has 1 N–H and O–H groups in total. The van der Waals surface area contributed by atoms with Gasteiger partial charge in [-0.1, -0.05) is 23.7 Å². The number of nitrogens with zero attached hydrogens (tertiary/aromatic N) is 2. The predicted octanol–water partition coefficient (Wildman–Crippen LogP) is 2.86. The average molecular weight is 290 g/mol. The van der Waals surface area contributed by atoms with Crippen molar-refractivity contribution in [3.8, 4) is 0 Å². The topological polar surface area (TPSA) is 54.9 Å². The van der Waals surface area contributed by atoms with Gasteiger partial charge in [0.2, 0.25) is 5.91 Å². The molecule has 0 unspecified atom stereocenters. The van der Waals surface area contributed by atoms with E-state index in [-0.39, 0.29) is 11.9 Å². The maximum absolute atomic E-state index is 12.0. The van der Waals surface area contributed by atoms with E-state index in [1.54, 1.807) is 24.5 Å². The molecule has 2 aromatic rings. The largest absolute Gasteiger partial charge is 0.348 e. The third kappa shape index (κ3) is 3.78. The first-order valence-electron chi connectivity index (χ1n) is 6.37. The lowest BCUT2D eigenvalue weighted by Crippen LogP contribution is -2.29. The normalized spacial score (nSPS) is 11.9. The SMILES string of the molecule is Cc1nccnc1[C@H](C)NC(=O)Cc1ccc(Cl)cc1. The summed E-state index contributed by atoms with van der Waals surface area (Å²) < 4.78 is 0. The minimum absolute atomic E-state index is 0.0510. The van der Waals surface area contributed by atoms with Crippen molar-refractivity contribution in [2.75, 3.05) is 0 Å². The second kappa shape index (κ2) is 6.48. The number of benzene rings is 1. The molecular weight excluding hydrogens is 274 g/mol. The van der Waals surface area contributed by atoms with Crippen molar-refractivity contribution in [3.63, 3.8) is 0 Å². The molecule has 1 aromatic heterocycles. The molecule has 20 heavy (non-hydrogen) atoms. The number of rotatable bonds is 4. The number of carbonyl (C=O) groups is 1. The summed E-state index contributed by atoms with van der Waals surface area (Å²) >= 11 is 5.81. The molecule has 4 nitrogen and oxygen atoms in total. The van der Waals surface area contributed by atoms with E-state index < -0.39 is 0 Å². The highest BCUT2D eigenvalue weighted by Gasteiger charge is 2.13. The Morgan fingerprint density at radius 2 is 1.90 bits per heavy atom. The van der Waals surface area contributed by atoms with Crippen molar-refractivity contribution in [1.82, 2.24) is 15.3 Å². The molecule has 0 saturated heterocycles. The van der Waals surface area contributed by atoms with Crippen LogP contribution in [0.2, 0.25) is 5.02 Å². The maximum atomic E-state index is 12.0. The van der Waals surface area contributed by atoms with Gasteiger partial charge in [0.15, 0.2) is 0 Å². The van der Waals surface area contributed by atoms with Gasteiger partial charge in [-0.3, -0.25) is 14.8 Å². The molecule has 0 saturated carbocycles. The van der Waals surface area contributed by atoms with Crippen LogP contribution in [0.1, 0.15) is 29.9 Å². The van der Waals surface area contributed by atoms with Crippen LogP contribution in [0.4, 0.5) is 0 Å². The van der Waals surface area contributed by atoms with Crippen molar-refractivity contribution in [2.24, 2.45) is 0 Å². The molecule has 5 heteroatoms. The van der Waals surface area contributed by atoms with Crippen LogP contribution in [-0.4, -0.2) is 15.9 Å². The van der Waals surface area contributed by atoms with E-state index in [9.17, 15) is 4.79 Å². The van der Waals surface area contributed by atoms with Gasteiger partial charge in [0.1, 0.15) is 0 Å². The highest BCUT2D eigenvalue weighted by molar-refractivity contribution is 6.30. The van der Waals surface area contributed by atoms with E-state index in [4.69, 9.17) is 11.6 Å². The van der Waals surface area contributed by atoms with Crippen molar-refractivity contribution < 1.29 is 4.79 Å². The Labute approximate surface area is 123 Å². The third-order valence-corrected chi connectivity index (χ3v) is 3.24. The summed E-state index contributed by atoms with van der Waals surface area (Å²) in [6.45, 7) is 3.78. The Morgan fingerprint density at radius 1 is 1.25 bits per heavy atom. The molecule has 1 atom stereocenters. The van der Waals surface area contributed by atoms with E-state index >= 15 is 0 Å². The molecule has 0 aliphatic rings. The number of hydrogen-bond donors (Lipinski definition) is 1. The smallest absolute Gasteiger partial charge is 0.224 e. The second-order valence-corrected chi connectivity index (χ2v) is 5.06. The van der Waals surface area contributed by atoms with Gasteiger partial charge in [0, 0.05) is 17.4 Å². The fourth-order valence-corrected chi connectivity index (χ4v) is 2.12. The van der Waals surface area contributed by atoms with E-state index in [0.29, 0.717) is 11.4 Å². The number of carbonyl (C=O) groups excluding carboxylic acids is 1. The zero-order chi connectivity index (χ0) is 14.5. The molecular formula is C15H16ClN3O. The van der Waals surface area contributed by atoms with Crippen LogP contribution >= 0.6 is 11.6 Å². The number of hydrogen-bond acceptors (Lipinski definition) is 3. The summed E-state index contributed by atoms with van der Waals surface area (Å²) in [5, 5.41) is 3.59. The fraction of sp³-hybridized carbons (Fsp3) is 0.267. The lowest BCUT2D eigenvalue weighted by Gasteiger charge is -2.14. The van der Waals surface area contributed by atoms with Gasteiger partial charge < -0.3 is 5.32 Å². The molecule has 104 valence electrons. The quantitative estimate of drug-likeness (QED) is 0.941. The maximum Gasteiger partial charge on any atom is 0.224 e. The number of halogens is 1. The summed E-state index contributed by atoms with van der Waals surface area (Å²) in [7, 11) is 0. The summed E-state index contributed by atoms with van der Waals surface area (Å²) in [5.41, 5.74) is 2.54. The summed E-state index contributed by atoms with van der Waals surface area (Å²) in [6.07, 6.45) is 3.59. The second-order valence-electron chi connectivity index (χ2n) is 4.62. The standard InChI is InChI=1S/C15H16ClN3O/c1-10-15(18-8-7-17-10)11(2)19-14(20)9-12-3-5-13(16)6-4-12/h3-8,11H,9H2,1-2H3,(H,19,20)/t11-/m0/s1. The van der Waals surface area contributed by atoms with Gasteiger partial charge in [0.25, 0.3) is 0 Å². The van der Waals surface area contributed by atoms with E-state index in [1.807, 2.05) is 26.0 Å². The van der Waals surface area contributed by atoms with Gasteiger partial charge >= 0.3 is 0 Å². The van der Waals surface area contributed by atoms with Gasteiger partial charge in [0.05, 0.1) is 23.9 Å². The van der Waals surface area contributed by atoms with E-state index in [0.717, 1.165) is 17.0 Å². The lowest BCUT2D eigenvalue weighted by atomic mass is 10.1. The molecule has 0 fully saturated rings. The third-order valence-electron chi connectivity index (χ3n) is 2.98. The van der Waals surface area contributed by atoms with Crippen LogP contribution in [0.5, 0.6) is 0 Å². The van der Waals surface area contributed by atoms with Gasteiger partial charge in [-0.15, -0.1) is 0 Å². The first-order chi connectivity index (χ1) is 9.56. The minimum Gasteiger partial charge on any atom is -0.348 e. The van der Waals surface area contributed by atoms with Crippen molar-refractivity contribution in [2.45, 2.75) is 26.3 Å². The molecule has 1 aromatic carbocycles. The van der Waals surface area contributed by atoms with Crippen LogP contribution in [0.25, 0.3) is 0 Å². The summed E-state index contributed by atoms with van der Waals surface area (Å²) in [4.78, 5) is 20.4. The van der Waals surface area contributed by atoms with E-state index in [1.165, 1.54) is 0 Å². The van der Waals surface area contributed by atoms with Gasteiger partial charge in [-0.05, 0) is 31.5 Å². The molecule has 2 rings (SSSR count). The van der Waals surface area contributed by atoms with Crippen LogP contribution < -0.4 is 5.32 Å². The molecule has 0 bridgehead atoms. The monoisotopic (exact) mass is 289 g/mol. The Hall–Kier alpha value is -1.94. The lowest BCUT2D eigenvalue weighted by molar-refractivity contribution is -0.121. The van der Waals surface area contributed by atoms with Crippen LogP contribution in [0, 0.1) is 6.92 Å². The summed E-state index contributed by atoms with van der Waals surface area (Å²) in [5.74, 6) is -0.0510. The van der Waals surface area contributed by atoms with Crippen molar-refractivity contribution in [3.05, 3.63) is 58.6 Å². The number of aromatic nitrogens is 2. The van der Waals surface area contributed by atoms with Gasteiger partial charge in [-0.25, -0.2) is 0 Å². The number of nitrogens with one attached hydrogen (secondary N) is 1. The first-order valence-corrected chi connectivity index (χ1v) is 6.75. The molecule has 0 spiro atoms. The molecule has 1 heterocycles. The predicted molar refractivity (Wildman–Crippen MR) is 78.5 cm³/mol. The minimum atomic E-state index is -0.163. The summed E-state index contributed by atoms with van der Waals surface area (Å²) in [6, 6.07) is 7.09. The molecule has 0 radical (unpaired) electrons. The van der Waals surface area contributed by atoms with E-state index in [2.05, 4.69) is 15.3 Å². The highest BCUT2D eigenvalue weighted by Crippen LogP contribution is 2.13. The van der Waals surface area contributed by atoms with Crippen molar-refractivity contribution in [1.29, 1.82) is 0 Å². The van der Waals surface area contributed by atoms with Crippen LogP contribution in [-0.2, 0) is 11.2 Å². The van der Waals surface area contributed by atoms with Crippen molar-refractivity contribution >= 4 is 17.5 Å². The molecule has 1 amide bonds. The number of aryl methyl sites for hydroxylation is 1. The Morgan fingerprint density at radius 3 is 2.55 bits per heavy atom. The highest BCUT2D eigenvalue weighted by atomic mass is 35.5. The fourth-order valence-electron chi connectivity index (χ4n) is 1.99. The Balaban J connectivity index is 1.98. The van der Waals surface area contributed by atoms with Gasteiger partial charge in [-0.2, -0.15) is 0 Å². The zero-order valence-corrected chi connectivity index (χ0v) is 12.2.